The zero-order chi connectivity index (χ0) is 23.2. The third kappa shape index (κ3) is 3.74. The Morgan fingerprint density at radius 2 is 1.82 bits per heavy atom. The highest BCUT2D eigenvalue weighted by Gasteiger charge is 2.26. The van der Waals surface area contributed by atoms with E-state index in [0.717, 1.165) is 60.5 Å². The van der Waals surface area contributed by atoms with Crippen LogP contribution < -0.4 is 4.90 Å². The number of aryl methyl sites for hydroxylation is 1. The Hall–Kier alpha value is -3.00. The van der Waals surface area contributed by atoms with Crippen molar-refractivity contribution in [2.24, 2.45) is 0 Å². The van der Waals surface area contributed by atoms with Crippen molar-refractivity contribution < 1.29 is 4.79 Å². The first-order valence-corrected chi connectivity index (χ1v) is 13.2. The predicted molar refractivity (Wildman–Crippen MR) is 143 cm³/mol. The number of nitrogens with zero attached hydrogens (tertiary/aromatic N) is 4. The lowest BCUT2D eigenvalue weighted by atomic mass is 10.1. The number of halogens is 1. The van der Waals surface area contributed by atoms with Gasteiger partial charge in [-0.25, -0.2) is 9.97 Å². The van der Waals surface area contributed by atoms with Crippen molar-refractivity contribution in [1.29, 1.82) is 0 Å². The molecule has 1 aliphatic heterocycles. The van der Waals surface area contributed by atoms with Gasteiger partial charge in [0, 0.05) is 31.6 Å². The number of rotatable bonds is 3. The third-order valence-corrected chi connectivity index (χ3v) is 8.71. The number of amides is 1. The highest BCUT2D eigenvalue weighted by Crippen LogP contribution is 2.36. The van der Waals surface area contributed by atoms with Gasteiger partial charge in [0.15, 0.2) is 5.13 Å². The summed E-state index contributed by atoms with van der Waals surface area (Å²) in [6.45, 7) is 4.83. The van der Waals surface area contributed by atoms with Crippen LogP contribution >= 0.6 is 34.3 Å². The number of piperazine rings is 1. The van der Waals surface area contributed by atoms with E-state index in [0.29, 0.717) is 18.7 Å². The molecule has 0 aliphatic carbocycles. The Morgan fingerprint density at radius 3 is 2.59 bits per heavy atom. The molecule has 0 saturated carbocycles. The summed E-state index contributed by atoms with van der Waals surface area (Å²) in [4.78, 5) is 28.6. The van der Waals surface area contributed by atoms with E-state index in [9.17, 15) is 4.79 Å². The van der Waals surface area contributed by atoms with Crippen molar-refractivity contribution in [2.75, 3.05) is 31.1 Å². The van der Waals surface area contributed by atoms with Gasteiger partial charge in [0.1, 0.15) is 0 Å². The molecule has 1 fully saturated rings. The summed E-state index contributed by atoms with van der Waals surface area (Å²) in [5.41, 5.74) is 4.50. The van der Waals surface area contributed by atoms with Crippen LogP contribution in [0.15, 0.2) is 60.0 Å². The average molecular weight is 505 g/mol. The number of thiazole rings is 1. The summed E-state index contributed by atoms with van der Waals surface area (Å²) in [6.07, 6.45) is 0. The first kappa shape index (κ1) is 21.5. The first-order valence-electron chi connectivity index (χ1n) is 11.1. The Balaban J connectivity index is 1.27. The molecule has 1 amide bonds. The van der Waals surface area contributed by atoms with Gasteiger partial charge in [-0.1, -0.05) is 53.3 Å². The molecule has 0 spiro atoms. The molecule has 0 radical (unpaired) electrons. The number of anilines is 1. The number of para-hydroxylation sites is 1. The number of pyridine rings is 1. The maximum Gasteiger partial charge on any atom is 0.254 e. The number of hydrogen-bond donors (Lipinski definition) is 0. The molecule has 5 nitrogen and oxygen atoms in total. The number of carbonyl (C=O) groups excluding carboxylic acids is 1. The maximum absolute atomic E-state index is 13.7. The van der Waals surface area contributed by atoms with E-state index in [1.807, 2.05) is 64.9 Å². The molecule has 5 aromatic rings. The number of hydrogen-bond acceptors (Lipinski definition) is 6. The predicted octanol–water partition coefficient (Wildman–Crippen LogP) is 6.50. The minimum atomic E-state index is 0.0549. The molecule has 1 saturated heterocycles. The second-order valence-electron chi connectivity index (χ2n) is 8.37. The topological polar surface area (TPSA) is 49.3 Å². The normalized spacial score (nSPS) is 14.3. The second kappa shape index (κ2) is 8.65. The molecule has 0 atom stereocenters. The molecule has 0 unspecified atom stereocenters. The highest BCUT2D eigenvalue weighted by atomic mass is 35.5. The van der Waals surface area contributed by atoms with Gasteiger partial charge in [-0.05, 0) is 42.1 Å². The molecule has 0 bridgehead atoms. The van der Waals surface area contributed by atoms with Gasteiger partial charge in [-0.2, -0.15) is 0 Å². The zero-order valence-electron chi connectivity index (χ0n) is 18.5. The van der Waals surface area contributed by atoms with E-state index in [1.54, 1.807) is 22.7 Å². The second-order valence-corrected chi connectivity index (χ2v) is 10.7. The average Bonchev–Trinajstić information content (AvgIpc) is 3.57. The number of benzene rings is 2. The summed E-state index contributed by atoms with van der Waals surface area (Å²) in [6, 6.07) is 17.8. The lowest BCUT2D eigenvalue weighted by molar-refractivity contribution is 0.0748. The molecule has 2 aromatic carbocycles. The van der Waals surface area contributed by atoms with Gasteiger partial charge < -0.3 is 9.80 Å². The van der Waals surface area contributed by atoms with Crippen LogP contribution in [0.25, 0.3) is 31.7 Å². The van der Waals surface area contributed by atoms with Gasteiger partial charge in [0.2, 0.25) is 0 Å². The SMILES string of the molecule is Cc1ccc(Cl)c2sc(N3CCN(C(=O)c4cc(-c5cccs5)nc5ccccc45)CC3)nc12. The number of thiophene rings is 1. The van der Waals surface area contributed by atoms with Gasteiger partial charge in [0.25, 0.3) is 5.91 Å². The van der Waals surface area contributed by atoms with Crippen LogP contribution in [0.1, 0.15) is 15.9 Å². The van der Waals surface area contributed by atoms with Crippen LogP contribution in [0.4, 0.5) is 5.13 Å². The highest BCUT2D eigenvalue weighted by molar-refractivity contribution is 7.22. The molecule has 4 heterocycles. The third-order valence-electron chi connectivity index (χ3n) is 6.24. The largest absolute Gasteiger partial charge is 0.345 e. The van der Waals surface area contributed by atoms with E-state index in [-0.39, 0.29) is 5.91 Å². The molecule has 170 valence electrons. The fourth-order valence-electron chi connectivity index (χ4n) is 4.40. The summed E-state index contributed by atoms with van der Waals surface area (Å²) in [5, 5.41) is 4.63. The number of aromatic nitrogens is 2. The van der Waals surface area contributed by atoms with Crippen LogP contribution in [0.2, 0.25) is 5.02 Å². The van der Waals surface area contributed by atoms with Crippen LogP contribution in [0, 0.1) is 6.92 Å². The molecule has 34 heavy (non-hydrogen) atoms. The van der Waals surface area contributed by atoms with Gasteiger partial charge in [0.05, 0.1) is 36.9 Å². The summed E-state index contributed by atoms with van der Waals surface area (Å²) >= 11 is 9.66. The summed E-state index contributed by atoms with van der Waals surface area (Å²) in [7, 11) is 0. The fraction of sp³-hybridized carbons (Fsp3) is 0.192. The molecule has 6 rings (SSSR count). The number of fused-ring (bicyclic) bond motifs is 2. The Bertz CT molecular complexity index is 1480. The van der Waals surface area contributed by atoms with Crippen LogP contribution in [0.5, 0.6) is 0 Å². The lowest BCUT2D eigenvalue weighted by Crippen LogP contribution is -2.48. The van der Waals surface area contributed by atoms with Crippen LogP contribution in [-0.4, -0.2) is 47.0 Å². The minimum Gasteiger partial charge on any atom is -0.345 e. The molecular formula is C26H21ClN4OS2. The smallest absolute Gasteiger partial charge is 0.254 e. The summed E-state index contributed by atoms with van der Waals surface area (Å²) < 4.78 is 1.03. The number of carbonyl (C=O) groups is 1. The maximum atomic E-state index is 13.7. The fourth-order valence-corrected chi connectivity index (χ4v) is 6.45. The standard InChI is InChI=1S/C26H21ClN4OS2/c1-16-8-9-19(27)24-23(16)29-26(34-24)31-12-10-30(11-13-31)25(32)18-15-21(22-7-4-14-33-22)28-20-6-3-2-5-17(18)20/h2-9,14-15H,10-13H2,1H3. The quantitative estimate of drug-likeness (QED) is 0.281. The van der Waals surface area contributed by atoms with Crippen molar-refractivity contribution in [3.05, 3.63) is 76.1 Å². The van der Waals surface area contributed by atoms with Crippen molar-refractivity contribution in [3.63, 3.8) is 0 Å². The van der Waals surface area contributed by atoms with Gasteiger partial charge in [-0.15, -0.1) is 11.3 Å². The Kier molecular flexibility index (Phi) is 5.48. The van der Waals surface area contributed by atoms with E-state index in [2.05, 4.69) is 11.8 Å². The van der Waals surface area contributed by atoms with E-state index in [1.165, 1.54) is 0 Å². The van der Waals surface area contributed by atoms with Crippen molar-refractivity contribution in [1.82, 2.24) is 14.9 Å². The Morgan fingerprint density at radius 1 is 1.00 bits per heavy atom. The Labute approximate surface area is 210 Å². The lowest BCUT2D eigenvalue weighted by Gasteiger charge is -2.34. The summed E-state index contributed by atoms with van der Waals surface area (Å²) in [5.74, 6) is 0.0549. The van der Waals surface area contributed by atoms with E-state index in [4.69, 9.17) is 21.6 Å². The van der Waals surface area contributed by atoms with Crippen LogP contribution in [0.3, 0.4) is 0 Å². The molecule has 8 heteroatoms. The van der Waals surface area contributed by atoms with Gasteiger partial charge in [-0.3, -0.25) is 4.79 Å². The van der Waals surface area contributed by atoms with E-state index < -0.39 is 0 Å². The zero-order valence-corrected chi connectivity index (χ0v) is 20.9. The molecular weight excluding hydrogens is 484 g/mol. The molecule has 1 aliphatic rings. The first-order chi connectivity index (χ1) is 16.6. The van der Waals surface area contributed by atoms with Crippen molar-refractivity contribution in [3.8, 4) is 10.6 Å². The minimum absolute atomic E-state index is 0.0549. The molecule has 0 N–H and O–H groups in total. The van der Waals surface area contributed by atoms with Gasteiger partial charge >= 0.3 is 0 Å². The van der Waals surface area contributed by atoms with Crippen molar-refractivity contribution >= 4 is 66.4 Å². The van der Waals surface area contributed by atoms with Crippen molar-refractivity contribution in [2.45, 2.75) is 6.92 Å². The van der Waals surface area contributed by atoms with Crippen LogP contribution in [-0.2, 0) is 0 Å². The molecule has 3 aromatic heterocycles. The monoisotopic (exact) mass is 504 g/mol. The van der Waals surface area contributed by atoms with E-state index >= 15 is 0 Å².